The summed E-state index contributed by atoms with van der Waals surface area (Å²) in [7, 11) is 0. The number of nitrogens with zero attached hydrogens (tertiary/aromatic N) is 1. The first-order valence-corrected chi connectivity index (χ1v) is 9.21. The third kappa shape index (κ3) is 4.56. The minimum Gasteiger partial charge on any atom is -0.367 e. The first kappa shape index (κ1) is 19.5. The Bertz CT molecular complexity index is 796. The summed E-state index contributed by atoms with van der Waals surface area (Å²) >= 11 is 5.84. The standard InChI is InChI=1S/C20H20ClF3N2O/c21-18-16(10-6-11-17(18)20(22,23)24)19(27)25-13-15-9-4-5-12-26(15)14-7-2-1-3-8-14/h1-3,6-8,10-11,15H,4-5,9,12-13H2,(H,25,27)/t15-/m0/s1. The van der Waals surface area contributed by atoms with Gasteiger partial charge in [0.15, 0.2) is 0 Å². The highest BCUT2D eigenvalue weighted by Gasteiger charge is 2.34. The zero-order valence-corrected chi connectivity index (χ0v) is 15.4. The number of alkyl halides is 3. The summed E-state index contributed by atoms with van der Waals surface area (Å²) in [6, 6.07) is 13.4. The Morgan fingerprint density at radius 3 is 2.56 bits per heavy atom. The van der Waals surface area contributed by atoms with Crippen molar-refractivity contribution in [3.05, 3.63) is 64.7 Å². The molecule has 1 aliphatic heterocycles. The number of anilines is 1. The van der Waals surface area contributed by atoms with Crippen LogP contribution in [0.15, 0.2) is 48.5 Å². The van der Waals surface area contributed by atoms with E-state index in [9.17, 15) is 18.0 Å². The third-order valence-electron chi connectivity index (χ3n) is 4.76. The second-order valence-corrected chi connectivity index (χ2v) is 6.93. The fourth-order valence-electron chi connectivity index (χ4n) is 3.40. The van der Waals surface area contributed by atoms with E-state index in [1.54, 1.807) is 0 Å². The van der Waals surface area contributed by atoms with Gasteiger partial charge in [-0.05, 0) is 43.5 Å². The van der Waals surface area contributed by atoms with Gasteiger partial charge < -0.3 is 10.2 Å². The molecule has 0 unspecified atom stereocenters. The Labute approximate surface area is 161 Å². The highest BCUT2D eigenvalue weighted by Crippen LogP contribution is 2.36. The van der Waals surface area contributed by atoms with Crippen LogP contribution in [0, 0.1) is 0 Å². The Kier molecular flexibility index (Phi) is 5.95. The van der Waals surface area contributed by atoms with Crippen molar-refractivity contribution >= 4 is 23.2 Å². The maximum atomic E-state index is 13.0. The molecule has 1 heterocycles. The molecule has 0 bridgehead atoms. The summed E-state index contributed by atoms with van der Waals surface area (Å²) in [5.74, 6) is -0.593. The minimum atomic E-state index is -4.60. The van der Waals surface area contributed by atoms with Gasteiger partial charge in [0.05, 0.1) is 16.1 Å². The number of para-hydroxylation sites is 1. The van der Waals surface area contributed by atoms with E-state index in [2.05, 4.69) is 10.2 Å². The van der Waals surface area contributed by atoms with Crippen LogP contribution in [0.25, 0.3) is 0 Å². The van der Waals surface area contributed by atoms with Gasteiger partial charge in [0.1, 0.15) is 0 Å². The van der Waals surface area contributed by atoms with E-state index in [0.717, 1.165) is 37.6 Å². The predicted molar refractivity (Wildman–Crippen MR) is 100 cm³/mol. The van der Waals surface area contributed by atoms with E-state index in [4.69, 9.17) is 11.6 Å². The Balaban J connectivity index is 1.71. The molecule has 7 heteroatoms. The number of piperidine rings is 1. The lowest BCUT2D eigenvalue weighted by atomic mass is 10.0. The van der Waals surface area contributed by atoms with Crippen molar-refractivity contribution in [2.24, 2.45) is 0 Å². The molecule has 2 aromatic rings. The molecule has 0 aromatic heterocycles. The van der Waals surface area contributed by atoms with Crippen molar-refractivity contribution in [1.82, 2.24) is 5.32 Å². The van der Waals surface area contributed by atoms with E-state index < -0.39 is 22.7 Å². The molecule has 1 fully saturated rings. The maximum absolute atomic E-state index is 13.0. The summed E-state index contributed by atoms with van der Waals surface area (Å²) in [4.78, 5) is 14.7. The fraction of sp³-hybridized carbons (Fsp3) is 0.350. The van der Waals surface area contributed by atoms with E-state index in [1.165, 1.54) is 12.1 Å². The van der Waals surface area contributed by atoms with Crippen molar-refractivity contribution in [2.45, 2.75) is 31.5 Å². The van der Waals surface area contributed by atoms with Crippen LogP contribution in [0.2, 0.25) is 5.02 Å². The van der Waals surface area contributed by atoms with Crippen molar-refractivity contribution in [2.75, 3.05) is 18.0 Å². The quantitative estimate of drug-likeness (QED) is 0.775. The minimum absolute atomic E-state index is 0.0923. The third-order valence-corrected chi connectivity index (χ3v) is 5.17. The number of rotatable bonds is 4. The molecule has 2 aromatic carbocycles. The lowest BCUT2D eigenvalue weighted by Gasteiger charge is -2.37. The summed E-state index contributed by atoms with van der Waals surface area (Å²) in [6.07, 6.45) is -1.57. The second kappa shape index (κ2) is 8.21. The van der Waals surface area contributed by atoms with Crippen LogP contribution in [-0.4, -0.2) is 25.0 Å². The van der Waals surface area contributed by atoms with Gasteiger partial charge in [-0.25, -0.2) is 0 Å². The summed E-state index contributed by atoms with van der Waals surface area (Å²) in [5.41, 5.74) is -0.0810. The number of nitrogens with one attached hydrogen (secondary N) is 1. The van der Waals surface area contributed by atoms with Gasteiger partial charge in [0, 0.05) is 24.8 Å². The molecular formula is C20H20ClF3N2O. The maximum Gasteiger partial charge on any atom is 0.417 e. The van der Waals surface area contributed by atoms with Gasteiger partial charge in [-0.1, -0.05) is 35.9 Å². The van der Waals surface area contributed by atoms with Gasteiger partial charge in [-0.15, -0.1) is 0 Å². The molecule has 3 rings (SSSR count). The lowest BCUT2D eigenvalue weighted by Crippen LogP contribution is -2.47. The molecule has 0 radical (unpaired) electrons. The molecule has 0 saturated carbocycles. The summed E-state index contributed by atoms with van der Waals surface area (Å²) in [5, 5.41) is 2.19. The van der Waals surface area contributed by atoms with Crippen molar-refractivity contribution in [1.29, 1.82) is 0 Å². The van der Waals surface area contributed by atoms with Crippen LogP contribution >= 0.6 is 11.6 Å². The fourth-order valence-corrected chi connectivity index (χ4v) is 3.72. The Hall–Kier alpha value is -2.21. The van der Waals surface area contributed by atoms with E-state index in [1.807, 2.05) is 30.3 Å². The summed E-state index contributed by atoms with van der Waals surface area (Å²) in [6.45, 7) is 1.23. The Morgan fingerprint density at radius 1 is 1.11 bits per heavy atom. The highest BCUT2D eigenvalue weighted by molar-refractivity contribution is 6.34. The number of amides is 1. The van der Waals surface area contributed by atoms with Crippen molar-refractivity contribution in [3.63, 3.8) is 0 Å². The van der Waals surface area contributed by atoms with Gasteiger partial charge in [0.2, 0.25) is 0 Å². The van der Waals surface area contributed by atoms with Crippen LogP contribution < -0.4 is 10.2 Å². The number of carbonyl (C=O) groups is 1. The van der Waals surface area contributed by atoms with E-state index in [0.29, 0.717) is 6.54 Å². The van der Waals surface area contributed by atoms with Crippen LogP contribution in [0.4, 0.5) is 18.9 Å². The van der Waals surface area contributed by atoms with Crippen LogP contribution in [0.3, 0.4) is 0 Å². The average Bonchev–Trinajstić information content (AvgIpc) is 2.66. The van der Waals surface area contributed by atoms with Gasteiger partial charge in [0.25, 0.3) is 5.91 Å². The molecule has 27 heavy (non-hydrogen) atoms. The SMILES string of the molecule is O=C(NC[C@@H]1CCCCN1c1ccccc1)c1cccc(C(F)(F)F)c1Cl. The Morgan fingerprint density at radius 2 is 1.85 bits per heavy atom. The number of halogens is 4. The molecule has 1 amide bonds. The van der Waals surface area contributed by atoms with E-state index in [-0.39, 0.29) is 11.6 Å². The zero-order chi connectivity index (χ0) is 19.4. The first-order chi connectivity index (χ1) is 12.9. The molecule has 1 saturated heterocycles. The number of benzene rings is 2. The van der Waals surface area contributed by atoms with Gasteiger partial charge in [-0.2, -0.15) is 13.2 Å². The molecule has 144 valence electrons. The molecule has 3 nitrogen and oxygen atoms in total. The van der Waals surface area contributed by atoms with Gasteiger partial charge in [-0.3, -0.25) is 4.79 Å². The predicted octanol–water partition coefficient (Wildman–Crippen LogP) is 5.15. The monoisotopic (exact) mass is 396 g/mol. The van der Waals surface area contributed by atoms with Crippen LogP contribution in [0.1, 0.15) is 35.2 Å². The molecular weight excluding hydrogens is 377 g/mol. The average molecular weight is 397 g/mol. The van der Waals surface area contributed by atoms with Crippen molar-refractivity contribution in [3.8, 4) is 0 Å². The molecule has 0 aliphatic carbocycles. The normalized spacial score (nSPS) is 17.6. The lowest BCUT2D eigenvalue weighted by molar-refractivity contribution is -0.137. The first-order valence-electron chi connectivity index (χ1n) is 8.83. The smallest absolute Gasteiger partial charge is 0.367 e. The van der Waals surface area contributed by atoms with Crippen LogP contribution in [0.5, 0.6) is 0 Å². The number of carbonyl (C=O) groups excluding carboxylic acids is 1. The molecule has 0 spiro atoms. The molecule has 1 aliphatic rings. The van der Waals surface area contributed by atoms with Gasteiger partial charge >= 0.3 is 6.18 Å². The zero-order valence-electron chi connectivity index (χ0n) is 14.6. The highest BCUT2D eigenvalue weighted by atomic mass is 35.5. The number of hydrogen-bond donors (Lipinski definition) is 1. The topological polar surface area (TPSA) is 32.3 Å². The van der Waals surface area contributed by atoms with Crippen LogP contribution in [-0.2, 0) is 6.18 Å². The molecule has 1 atom stereocenters. The van der Waals surface area contributed by atoms with Crippen molar-refractivity contribution < 1.29 is 18.0 Å². The second-order valence-electron chi connectivity index (χ2n) is 6.55. The largest absolute Gasteiger partial charge is 0.417 e. The van der Waals surface area contributed by atoms with E-state index >= 15 is 0 Å². The summed E-state index contributed by atoms with van der Waals surface area (Å²) < 4.78 is 39.0. The number of hydrogen-bond acceptors (Lipinski definition) is 2. The molecule has 1 N–H and O–H groups in total.